The fourth-order valence-corrected chi connectivity index (χ4v) is 2.23. The van der Waals surface area contributed by atoms with E-state index in [9.17, 15) is 4.79 Å². The van der Waals surface area contributed by atoms with Crippen molar-refractivity contribution < 1.29 is 14.3 Å². The van der Waals surface area contributed by atoms with Gasteiger partial charge in [0.15, 0.2) is 0 Å². The molecule has 1 aromatic carbocycles. The van der Waals surface area contributed by atoms with Crippen molar-refractivity contribution in [2.24, 2.45) is 0 Å². The number of rotatable bonds is 4. The summed E-state index contributed by atoms with van der Waals surface area (Å²) in [5.74, 6) is 0.848. The van der Waals surface area contributed by atoms with Gasteiger partial charge in [-0.1, -0.05) is 18.2 Å². The molecule has 0 unspecified atom stereocenters. The van der Waals surface area contributed by atoms with Crippen molar-refractivity contribution in [1.82, 2.24) is 4.90 Å². The van der Waals surface area contributed by atoms with Crippen LogP contribution >= 0.6 is 0 Å². The van der Waals surface area contributed by atoms with Gasteiger partial charge >= 0.3 is 6.09 Å². The first-order valence-corrected chi connectivity index (χ1v) is 7.23. The molecular formula is C17H23NO3. The van der Waals surface area contributed by atoms with Crippen LogP contribution < -0.4 is 4.74 Å². The minimum absolute atomic E-state index is 0.282. The van der Waals surface area contributed by atoms with E-state index in [1.165, 1.54) is 0 Å². The van der Waals surface area contributed by atoms with Gasteiger partial charge in [0.05, 0.1) is 13.2 Å². The lowest BCUT2D eigenvalue weighted by molar-refractivity contribution is 0.0241. The van der Waals surface area contributed by atoms with Crippen LogP contribution in [0.25, 0.3) is 0 Å². The van der Waals surface area contributed by atoms with Gasteiger partial charge in [-0.15, -0.1) is 6.58 Å². The summed E-state index contributed by atoms with van der Waals surface area (Å²) in [7, 11) is 0. The smallest absolute Gasteiger partial charge is 0.410 e. The van der Waals surface area contributed by atoms with Gasteiger partial charge in [-0.2, -0.15) is 0 Å². The Hall–Kier alpha value is -1.97. The van der Waals surface area contributed by atoms with Crippen LogP contribution in [-0.2, 0) is 17.8 Å². The quantitative estimate of drug-likeness (QED) is 0.623. The number of hydrogen-bond acceptors (Lipinski definition) is 3. The molecule has 21 heavy (non-hydrogen) atoms. The van der Waals surface area contributed by atoms with E-state index in [-0.39, 0.29) is 6.09 Å². The van der Waals surface area contributed by atoms with Crippen LogP contribution in [0.2, 0.25) is 0 Å². The molecule has 1 aromatic rings. The molecule has 0 fully saturated rings. The summed E-state index contributed by atoms with van der Waals surface area (Å²) in [6.45, 7) is 11.0. The van der Waals surface area contributed by atoms with Crippen molar-refractivity contribution in [2.45, 2.75) is 45.9 Å². The van der Waals surface area contributed by atoms with Gasteiger partial charge in [-0.05, 0) is 38.8 Å². The Kier molecular flexibility index (Phi) is 4.56. The topological polar surface area (TPSA) is 38.8 Å². The molecule has 0 atom stereocenters. The molecule has 0 radical (unpaired) electrons. The number of benzene rings is 1. The van der Waals surface area contributed by atoms with Crippen LogP contribution in [0.15, 0.2) is 30.9 Å². The van der Waals surface area contributed by atoms with Crippen molar-refractivity contribution in [3.8, 4) is 5.75 Å². The second kappa shape index (κ2) is 6.20. The van der Waals surface area contributed by atoms with Crippen molar-refractivity contribution in [2.75, 3.05) is 6.61 Å². The Bertz CT molecular complexity index is 531. The van der Waals surface area contributed by atoms with Gasteiger partial charge in [0, 0.05) is 12.1 Å². The highest BCUT2D eigenvalue weighted by molar-refractivity contribution is 5.69. The highest BCUT2D eigenvalue weighted by Crippen LogP contribution is 2.31. The minimum Gasteiger partial charge on any atom is -0.493 e. The lowest BCUT2D eigenvalue weighted by Crippen LogP contribution is -2.33. The molecule has 4 heteroatoms. The number of fused-ring (bicyclic) bond motifs is 1. The Morgan fingerprint density at radius 1 is 1.38 bits per heavy atom. The Morgan fingerprint density at radius 2 is 2.14 bits per heavy atom. The predicted molar refractivity (Wildman–Crippen MR) is 82.2 cm³/mol. The van der Waals surface area contributed by atoms with Crippen LogP contribution in [0.4, 0.5) is 4.79 Å². The highest BCUT2D eigenvalue weighted by atomic mass is 16.6. The van der Waals surface area contributed by atoms with Crippen LogP contribution in [-0.4, -0.2) is 23.2 Å². The maximum atomic E-state index is 12.2. The summed E-state index contributed by atoms with van der Waals surface area (Å²) in [6.07, 6.45) is 2.35. The Morgan fingerprint density at radius 3 is 2.81 bits per heavy atom. The SMILES string of the molecule is C=CCCOc1cccc2c1CN(C(=O)OC(C)(C)C)C2. The summed E-state index contributed by atoms with van der Waals surface area (Å²) in [6, 6.07) is 5.93. The van der Waals surface area contributed by atoms with Gasteiger partial charge < -0.3 is 9.47 Å². The van der Waals surface area contributed by atoms with Crippen LogP contribution in [0.1, 0.15) is 38.3 Å². The maximum Gasteiger partial charge on any atom is 0.410 e. The lowest BCUT2D eigenvalue weighted by Gasteiger charge is -2.24. The van der Waals surface area contributed by atoms with Crippen LogP contribution in [0, 0.1) is 0 Å². The zero-order chi connectivity index (χ0) is 15.5. The second-order valence-electron chi connectivity index (χ2n) is 6.16. The summed E-state index contributed by atoms with van der Waals surface area (Å²) in [5.41, 5.74) is 1.72. The largest absolute Gasteiger partial charge is 0.493 e. The monoisotopic (exact) mass is 289 g/mol. The second-order valence-corrected chi connectivity index (χ2v) is 6.16. The van der Waals surface area contributed by atoms with Crippen molar-refractivity contribution in [3.63, 3.8) is 0 Å². The third kappa shape index (κ3) is 4.00. The predicted octanol–water partition coefficient (Wildman–Crippen LogP) is 3.89. The molecule has 0 saturated heterocycles. The minimum atomic E-state index is -0.477. The van der Waals surface area contributed by atoms with E-state index in [4.69, 9.17) is 9.47 Å². The van der Waals surface area contributed by atoms with Gasteiger partial charge in [0.1, 0.15) is 11.4 Å². The third-order valence-electron chi connectivity index (χ3n) is 3.17. The molecule has 114 valence electrons. The van der Waals surface area contributed by atoms with E-state index in [1.807, 2.05) is 45.0 Å². The van der Waals surface area contributed by atoms with E-state index in [0.717, 1.165) is 23.3 Å². The standard InChI is InChI=1S/C17H23NO3/c1-5-6-10-20-15-9-7-8-13-11-18(12-14(13)15)16(19)21-17(2,3)4/h5,7-9H,1,6,10-12H2,2-4H3. The van der Waals surface area contributed by atoms with Crippen molar-refractivity contribution in [1.29, 1.82) is 0 Å². The number of hydrogen-bond donors (Lipinski definition) is 0. The summed E-state index contributed by atoms with van der Waals surface area (Å²) < 4.78 is 11.2. The molecule has 1 aliphatic rings. The number of ether oxygens (including phenoxy) is 2. The zero-order valence-corrected chi connectivity index (χ0v) is 13.0. The highest BCUT2D eigenvalue weighted by Gasteiger charge is 2.29. The molecule has 1 amide bonds. The lowest BCUT2D eigenvalue weighted by atomic mass is 10.1. The van der Waals surface area contributed by atoms with Crippen molar-refractivity contribution in [3.05, 3.63) is 42.0 Å². The van der Waals surface area contributed by atoms with E-state index < -0.39 is 5.60 Å². The van der Waals surface area contributed by atoms with Gasteiger partial charge in [-0.25, -0.2) is 4.79 Å². The third-order valence-corrected chi connectivity index (χ3v) is 3.17. The Labute approximate surface area is 126 Å². The summed E-state index contributed by atoms with van der Waals surface area (Å²) >= 11 is 0. The normalized spacial score (nSPS) is 13.8. The van der Waals surface area contributed by atoms with E-state index in [2.05, 4.69) is 6.58 Å². The van der Waals surface area contributed by atoms with Crippen LogP contribution in [0.5, 0.6) is 5.75 Å². The zero-order valence-electron chi connectivity index (χ0n) is 13.0. The molecule has 1 heterocycles. The fraction of sp³-hybridized carbons (Fsp3) is 0.471. The molecule has 0 aromatic heterocycles. The average molecular weight is 289 g/mol. The number of nitrogens with zero attached hydrogens (tertiary/aromatic N) is 1. The molecule has 0 N–H and O–H groups in total. The molecule has 0 aliphatic carbocycles. The van der Waals surface area contributed by atoms with Gasteiger partial charge in [-0.3, -0.25) is 4.90 Å². The first-order valence-electron chi connectivity index (χ1n) is 7.23. The summed E-state index contributed by atoms with van der Waals surface area (Å²) in [4.78, 5) is 13.9. The maximum absolute atomic E-state index is 12.2. The molecule has 0 spiro atoms. The molecular weight excluding hydrogens is 266 g/mol. The molecule has 1 aliphatic heterocycles. The van der Waals surface area contributed by atoms with Crippen LogP contribution in [0.3, 0.4) is 0 Å². The van der Waals surface area contributed by atoms with Gasteiger partial charge in [0.2, 0.25) is 0 Å². The molecule has 4 nitrogen and oxygen atoms in total. The first-order chi connectivity index (χ1) is 9.90. The van der Waals surface area contributed by atoms with E-state index in [1.54, 1.807) is 4.90 Å². The fourth-order valence-electron chi connectivity index (χ4n) is 2.23. The molecule has 0 bridgehead atoms. The van der Waals surface area contributed by atoms with Crippen molar-refractivity contribution >= 4 is 6.09 Å². The molecule has 0 saturated carbocycles. The van der Waals surface area contributed by atoms with E-state index >= 15 is 0 Å². The molecule has 2 rings (SSSR count). The average Bonchev–Trinajstić information content (AvgIpc) is 2.82. The number of carbonyl (C=O) groups excluding carboxylic acids is 1. The van der Waals surface area contributed by atoms with E-state index in [0.29, 0.717) is 19.7 Å². The number of amides is 1. The van der Waals surface area contributed by atoms with Gasteiger partial charge in [0.25, 0.3) is 0 Å². The number of carbonyl (C=O) groups is 1. The first kappa shape index (κ1) is 15.4. The Balaban J connectivity index is 2.06. The summed E-state index contributed by atoms with van der Waals surface area (Å²) in [5, 5.41) is 0.